The highest BCUT2D eigenvalue weighted by Gasteiger charge is 2.03. The highest BCUT2D eigenvalue weighted by Crippen LogP contribution is 2.10. The number of anilines is 1. The van der Waals surface area contributed by atoms with Crippen molar-refractivity contribution in [3.8, 4) is 0 Å². The maximum absolute atomic E-state index is 11.9. The molecule has 1 amide bonds. The van der Waals surface area contributed by atoms with Crippen LogP contribution in [0.1, 0.15) is 21.6 Å². The Hall–Kier alpha value is -2.69. The molecule has 1 aromatic carbocycles. The van der Waals surface area contributed by atoms with Gasteiger partial charge in [0.2, 0.25) is 0 Å². The van der Waals surface area contributed by atoms with Crippen LogP contribution in [0.4, 0.5) is 5.69 Å². The second-order valence-corrected chi connectivity index (χ2v) is 4.87. The third-order valence-corrected chi connectivity index (χ3v) is 2.95. The molecule has 108 valence electrons. The number of amides is 1. The predicted octanol–water partition coefficient (Wildman–Crippen LogP) is 2.22. The highest BCUT2D eigenvalue weighted by molar-refractivity contribution is 5.94. The van der Waals surface area contributed by atoms with Crippen LogP contribution in [-0.4, -0.2) is 31.2 Å². The maximum atomic E-state index is 11.9. The summed E-state index contributed by atoms with van der Waals surface area (Å²) in [5, 5.41) is 3.96. The third-order valence-electron chi connectivity index (χ3n) is 2.95. The Labute approximate surface area is 124 Å². The summed E-state index contributed by atoms with van der Waals surface area (Å²) in [7, 11) is 3.97. The number of carbonyl (C=O) groups excluding carboxylic acids is 1. The van der Waals surface area contributed by atoms with Gasteiger partial charge in [0.15, 0.2) is 0 Å². The zero-order chi connectivity index (χ0) is 15.2. The molecule has 0 saturated carbocycles. The number of hydrogen-bond donors (Lipinski definition) is 1. The molecule has 1 aromatic heterocycles. The van der Waals surface area contributed by atoms with Gasteiger partial charge < -0.3 is 4.90 Å². The van der Waals surface area contributed by atoms with Gasteiger partial charge in [-0.1, -0.05) is 12.1 Å². The zero-order valence-electron chi connectivity index (χ0n) is 12.4. The molecule has 21 heavy (non-hydrogen) atoms. The fourth-order valence-electron chi connectivity index (χ4n) is 1.78. The lowest BCUT2D eigenvalue weighted by atomic mass is 10.2. The summed E-state index contributed by atoms with van der Waals surface area (Å²) in [6, 6.07) is 11.3. The molecule has 0 unspecified atom stereocenters. The fraction of sp³-hybridized carbons (Fsp3) is 0.188. The molecular weight excluding hydrogens is 264 g/mol. The van der Waals surface area contributed by atoms with Gasteiger partial charge >= 0.3 is 0 Å². The van der Waals surface area contributed by atoms with Crippen LogP contribution in [0.15, 0.2) is 47.7 Å². The SMILES string of the molecule is Cc1cc(C(=O)N/N=C/c2ccc(N(C)C)cc2)ccn1. The minimum absolute atomic E-state index is 0.248. The number of carbonyl (C=O) groups is 1. The van der Waals surface area contributed by atoms with Crippen LogP contribution in [0.25, 0.3) is 0 Å². The lowest BCUT2D eigenvalue weighted by molar-refractivity contribution is 0.0955. The first-order valence-electron chi connectivity index (χ1n) is 6.60. The molecule has 0 aliphatic rings. The van der Waals surface area contributed by atoms with Gasteiger partial charge in [-0.15, -0.1) is 0 Å². The number of hydrogen-bond acceptors (Lipinski definition) is 4. The zero-order valence-corrected chi connectivity index (χ0v) is 12.4. The standard InChI is InChI=1S/C16H18N4O/c1-12-10-14(8-9-17-12)16(21)19-18-11-13-4-6-15(7-5-13)20(2)3/h4-11H,1-3H3,(H,19,21)/b18-11+. The number of nitrogens with one attached hydrogen (secondary N) is 1. The summed E-state index contributed by atoms with van der Waals surface area (Å²) >= 11 is 0. The Morgan fingerprint density at radius 1 is 1.24 bits per heavy atom. The van der Waals surface area contributed by atoms with E-state index in [9.17, 15) is 4.79 Å². The van der Waals surface area contributed by atoms with Crippen LogP contribution in [0.3, 0.4) is 0 Å². The minimum atomic E-state index is -0.248. The Balaban J connectivity index is 1.97. The molecule has 0 saturated heterocycles. The summed E-state index contributed by atoms with van der Waals surface area (Å²) in [5.41, 5.74) is 5.88. The molecule has 5 heteroatoms. The fourth-order valence-corrected chi connectivity index (χ4v) is 1.78. The first-order chi connectivity index (χ1) is 10.1. The van der Waals surface area contributed by atoms with Gasteiger partial charge in [-0.25, -0.2) is 5.43 Å². The number of aryl methyl sites for hydroxylation is 1. The maximum Gasteiger partial charge on any atom is 0.271 e. The van der Waals surface area contributed by atoms with Gasteiger partial charge in [-0.05, 0) is 36.8 Å². The molecule has 2 rings (SSSR count). The molecule has 0 radical (unpaired) electrons. The predicted molar refractivity (Wildman–Crippen MR) is 84.8 cm³/mol. The van der Waals surface area contributed by atoms with Gasteiger partial charge in [0.1, 0.15) is 0 Å². The average molecular weight is 282 g/mol. The molecule has 1 heterocycles. The van der Waals surface area contributed by atoms with Crippen molar-refractivity contribution in [1.82, 2.24) is 10.4 Å². The van der Waals surface area contributed by atoms with Crippen molar-refractivity contribution in [1.29, 1.82) is 0 Å². The first-order valence-corrected chi connectivity index (χ1v) is 6.60. The van der Waals surface area contributed by atoms with E-state index in [1.165, 1.54) is 0 Å². The number of aromatic nitrogens is 1. The van der Waals surface area contributed by atoms with Gasteiger partial charge in [-0.2, -0.15) is 5.10 Å². The summed E-state index contributed by atoms with van der Waals surface area (Å²) in [4.78, 5) is 17.9. The van der Waals surface area contributed by atoms with Crippen LogP contribution in [0.5, 0.6) is 0 Å². The smallest absolute Gasteiger partial charge is 0.271 e. The molecule has 0 aliphatic heterocycles. The van der Waals surface area contributed by atoms with E-state index in [1.54, 1.807) is 24.5 Å². The van der Waals surface area contributed by atoms with Crippen LogP contribution in [-0.2, 0) is 0 Å². The number of pyridine rings is 1. The molecule has 0 spiro atoms. The number of benzene rings is 1. The van der Waals surface area contributed by atoms with Crippen molar-refractivity contribution < 1.29 is 4.79 Å². The second-order valence-electron chi connectivity index (χ2n) is 4.87. The van der Waals surface area contributed by atoms with Crippen molar-refractivity contribution in [2.45, 2.75) is 6.92 Å². The highest BCUT2D eigenvalue weighted by atomic mass is 16.2. The van der Waals surface area contributed by atoms with Crippen molar-refractivity contribution in [2.75, 3.05) is 19.0 Å². The van der Waals surface area contributed by atoms with E-state index in [0.29, 0.717) is 5.56 Å². The monoisotopic (exact) mass is 282 g/mol. The summed E-state index contributed by atoms with van der Waals surface area (Å²) in [6.07, 6.45) is 3.22. The van der Waals surface area contributed by atoms with E-state index in [2.05, 4.69) is 15.5 Å². The van der Waals surface area contributed by atoms with Gasteiger partial charge in [0.25, 0.3) is 5.91 Å². The van der Waals surface area contributed by atoms with Crippen LogP contribution in [0.2, 0.25) is 0 Å². The molecule has 0 bridgehead atoms. The Morgan fingerprint density at radius 3 is 2.57 bits per heavy atom. The van der Waals surface area contributed by atoms with E-state index >= 15 is 0 Å². The van der Waals surface area contributed by atoms with Crippen molar-refractivity contribution in [2.24, 2.45) is 5.10 Å². The molecule has 0 aliphatic carbocycles. The topological polar surface area (TPSA) is 57.6 Å². The van der Waals surface area contributed by atoms with E-state index in [-0.39, 0.29) is 5.91 Å². The Bertz CT molecular complexity index is 648. The van der Waals surface area contributed by atoms with Crippen molar-refractivity contribution >= 4 is 17.8 Å². The lowest BCUT2D eigenvalue weighted by Gasteiger charge is -2.11. The summed E-state index contributed by atoms with van der Waals surface area (Å²) < 4.78 is 0. The second kappa shape index (κ2) is 6.65. The van der Waals surface area contributed by atoms with Gasteiger partial charge in [0, 0.05) is 37.2 Å². The number of hydrazone groups is 1. The van der Waals surface area contributed by atoms with Crippen molar-refractivity contribution in [3.63, 3.8) is 0 Å². The Kier molecular flexibility index (Phi) is 4.66. The normalized spacial score (nSPS) is 10.6. The van der Waals surface area contributed by atoms with Gasteiger partial charge in [-0.3, -0.25) is 9.78 Å². The summed E-state index contributed by atoms with van der Waals surface area (Å²) in [6.45, 7) is 1.84. The van der Waals surface area contributed by atoms with Crippen LogP contribution < -0.4 is 10.3 Å². The van der Waals surface area contributed by atoms with Crippen molar-refractivity contribution in [3.05, 3.63) is 59.4 Å². The quantitative estimate of drug-likeness (QED) is 0.691. The van der Waals surface area contributed by atoms with E-state index < -0.39 is 0 Å². The summed E-state index contributed by atoms with van der Waals surface area (Å²) in [5.74, 6) is -0.248. The van der Waals surface area contributed by atoms with Gasteiger partial charge in [0.05, 0.1) is 6.21 Å². The Morgan fingerprint density at radius 2 is 1.95 bits per heavy atom. The molecule has 0 fully saturated rings. The average Bonchev–Trinajstić information content (AvgIpc) is 2.47. The molecule has 0 atom stereocenters. The third kappa shape index (κ3) is 4.14. The molecule has 5 nitrogen and oxygen atoms in total. The van der Waals surface area contributed by atoms with Crippen LogP contribution in [0, 0.1) is 6.92 Å². The van der Waals surface area contributed by atoms with E-state index in [1.807, 2.05) is 50.2 Å². The molecular formula is C16H18N4O. The lowest BCUT2D eigenvalue weighted by Crippen LogP contribution is -2.17. The minimum Gasteiger partial charge on any atom is -0.378 e. The number of nitrogens with zero attached hydrogens (tertiary/aromatic N) is 3. The van der Waals surface area contributed by atoms with Crippen LogP contribution >= 0.6 is 0 Å². The van der Waals surface area contributed by atoms with E-state index in [4.69, 9.17) is 0 Å². The molecule has 2 aromatic rings. The largest absolute Gasteiger partial charge is 0.378 e. The number of rotatable bonds is 4. The van der Waals surface area contributed by atoms with E-state index in [0.717, 1.165) is 16.9 Å². The molecule has 1 N–H and O–H groups in total. The first kappa shape index (κ1) is 14.7.